The molecule has 138 valence electrons. The van der Waals surface area contributed by atoms with Crippen LogP contribution < -0.4 is 15.4 Å². The van der Waals surface area contributed by atoms with Gasteiger partial charge in [0.25, 0.3) is 0 Å². The highest BCUT2D eigenvalue weighted by Crippen LogP contribution is 2.22. The summed E-state index contributed by atoms with van der Waals surface area (Å²) >= 11 is 0. The fraction of sp³-hybridized carbons (Fsp3) is 0.588. The fourth-order valence-corrected chi connectivity index (χ4v) is 2.86. The molecule has 7 heteroatoms. The minimum Gasteiger partial charge on any atom is -0.497 e. The summed E-state index contributed by atoms with van der Waals surface area (Å²) in [7, 11) is 5.72. The second-order valence-electron chi connectivity index (χ2n) is 6.04. The number of carbonyl (C=O) groups is 1. The summed E-state index contributed by atoms with van der Waals surface area (Å²) in [6.07, 6.45) is 2.05. The summed E-state index contributed by atoms with van der Waals surface area (Å²) in [4.78, 5) is 14.4. The Balaban J connectivity index is 0.00000264. The zero-order valence-electron chi connectivity index (χ0n) is 14.6. The molecule has 1 aliphatic heterocycles. The summed E-state index contributed by atoms with van der Waals surface area (Å²) in [5.41, 5.74) is 1.14. The number of hydrogen-bond acceptors (Lipinski definition) is 4. The van der Waals surface area contributed by atoms with Gasteiger partial charge in [0, 0.05) is 13.1 Å². The van der Waals surface area contributed by atoms with E-state index >= 15 is 0 Å². The smallest absolute Gasteiger partial charge is 0.224 e. The lowest BCUT2D eigenvalue weighted by molar-refractivity contribution is -0.125. The molecule has 1 heterocycles. The van der Waals surface area contributed by atoms with Crippen LogP contribution in [0.5, 0.6) is 5.75 Å². The van der Waals surface area contributed by atoms with Gasteiger partial charge in [0.05, 0.1) is 19.1 Å². The van der Waals surface area contributed by atoms with E-state index in [1.165, 1.54) is 0 Å². The van der Waals surface area contributed by atoms with Crippen molar-refractivity contribution in [3.8, 4) is 5.75 Å². The van der Waals surface area contributed by atoms with Crippen LogP contribution >= 0.6 is 24.8 Å². The number of carbonyl (C=O) groups excluding carboxylic acids is 1. The molecule has 0 aliphatic carbocycles. The molecule has 2 atom stereocenters. The summed E-state index contributed by atoms with van der Waals surface area (Å²) in [5.74, 6) is 1.09. The van der Waals surface area contributed by atoms with Crippen molar-refractivity contribution in [2.24, 2.45) is 5.92 Å². The van der Waals surface area contributed by atoms with Crippen molar-refractivity contribution in [2.45, 2.75) is 18.9 Å². The molecule has 1 amide bonds. The molecule has 0 radical (unpaired) electrons. The zero-order valence-corrected chi connectivity index (χ0v) is 16.2. The van der Waals surface area contributed by atoms with Crippen molar-refractivity contribution >= 4 is 30.7 Å². The van der Waals surface area contributed by atoms with Crippen LogP contribution in [-0.2, 0) is 4.79 Å². The Bertz CT molecular complexity index is 494. The molecule has 24 heavy (non-hydrogen) atoms. The Kier molecular flexibility index (Phi) is 11.0. The van der Waals surface area contributed by atoms with E-state index in [4.69, 9.17) is 4.74 Å². The fourth-order valence-electron chi connectivity index (χ4n) is 2.86. The number of hydrogen-bond donors (Lipinski definition) is 2. The number of amides is 1. The number of methoxy groups -OCH3 is 1. The molecule has 1 aromatic carbocycles. The third kappa shape index (κ3) is 6.48. The molecule has 2 rings (SSSR count). The average Bonchev–Trinajstić information content (AvgIpc) is 2.55. The molecule has 5 nitrogen and oxygen atoms in total. The van der Waals surface area contributed by atoms with Gasteiger partial charge in [-0.05, 0) is 51.2 Å². The highest BCUT2D eigenvalue weighted by atomic mass is 35.5. The van der Waals surface area contributed by atoms with Crippen molar-refractivity contribution in [3.63, 3.8) is 0 Å². The van der Waals surface area contributed by atoms with E-state index in [0.29, 0.717) is 6.54 Å². The molecule has 0 bridgehead atoms. The highest BCUT2D eigenvalue weighted by molar-refractivity contribution is 5.85. The Hall–Kier alpha value is -1.01. The van der Waals surface area contributed by atoms with Crippen molar-refractivity contribution in [3.05, 3.63) is 29.8 Å². The maximum atomic E-state index is 12.3. The van der Waals surface area contributed by atoms with Crippen molar-refractivity contribution in [2.75, 3.05) is 40.8 Å². The lowest BCUT2D eigenvalue weighted by Crippen LogP contribution is -2.43. The van der Waals surface area contributed by atoms with Crippen LogP contribution in [0.15, 0.2) is 24.3 Å². The van der Waals surface area contributed by atoms with Gasteiger partial charge in [-0.15, -0.1) is 24.8 Å². The van der Waals surface area contributed by atoms with Crippen LogP contribution in [0.4, 0.5) is 0 Å². The van der Waals surface area contributed by atoms with Gasteiger partial charge in [0.2, 0.25) is 5.91 Å². The normalized spacial score (nSPS) is 18.1. The number of rotatable bonds is 6. The average molecular weight is 378 g/mol. The first kappa shape index (κ1) is 23.0. The molecule has 0 spiro atoms. The van der Waals surface area contributed by atoms with Crippen molar-refractivity contribution < 1.29 is 9.53 Å². The highest BCUT2D eigenvalue weighted by Gasteiger charge is 2.22. The van der Waals surface area contributed by atoms with Gasteiger partial charge in [-0.25, -0.2) is 0 Å². The molecular formula is C17H29Cl2N3O2. The molecule has 2 N–H and O–H groups in total. The standard InChI is InChI=1S/C17H27N3O2.2ClH/c1-20(2)16(13-6-4-8-15(10-13)22-3)12-19-17(21)14-7-5-9-18-11-14;;/h4,6,8,10,14,16,18H,5,7,9,11-12H2,1-3H3,(H,19,21);2*1H. The minimum atomic E-state index is 0. The number of halogens is 2. The maximum absolute atomic E-state index is 12.3. The van der Waals surface area contributed by atoms with Crippen LogP contribution in [0.25, 0.3) is 0 Å². The van der Waals surface area contributed by atoms with Gasteiger partial charge >= 0.3 is 0 Å². The maximum Gasteiger partial charge on any atom is 0.224 e. The van der Waals surface area contributed by atoms with Crippen LogP contribution in [-0.4, -0.2) is 51.6 Å². The lowest BCUT2D eigenvalue weighted by Gasteiger charge is -2.27. The summed E-state index contributed by atoms with van der Waals surface area (Å²) in [6.45, 7) is 2.42. The van der Waals surface area contributed by atoms with Crippen LogP contribution in [0, 0.1) is 5.92 Å². The topological polar surface area (TPSA) is 53.6 Å². The van der Waals surface area contributed by atoms with Gasteiger partial charge in [-0.3, -0.25) is 4.79 Å². The third-order valence-corrected chi connectivity index (χ3v) is 4.24. The molecule has 1 aromatic rings. The molecule has 0 aromatic heterocycles. The van der Waals surface area contributed by atoms with Crippen LogP contribution in [0.2, 0.25) is 0 Å². The SMILES string of the molecule is COc1cccc(C(CNC(=O)C2CCCNC2)N(C)C)c1.Cl.Cl. The Morgan fingerprint density at radius 1 is 1.42 bits per heavy atom. The number of piperidine rings is 1. The Labute approximate surface area is 157 Å². The molecule has 0 saturated carbocycles. The number of nitrogens with zero attached hydrogens (tertiary/aromatic N) is 1. The number of likely N-dealkylation sites (N-methyl/N-ethyl adjacent to an activating group) is 1. The lowest BCUT2D eigenvalue weighted by atomic mass is 9.98. The van der Waals surface area contributed by atoms with Gasteiger partial charge < -0.3 is 20.3 Å². The molecule has 1 saturated heterocycles. The van der Waals surface area contributed by atoms with Crippen molar-refractivity contribution in [1.29, 1.82) is 0 Å². The van der Waals surface area contributed by atoms with Gasteiger partial charge in [0.1, 0.15) is 5.75 Å². The first-order valence-corrected chi connectivity index (χ1v) is 7.90. The van der Waals surface area contributed by atoms with Crippen LogP contribution in [0.3, 0.4) is 0 Å². The molecule has 1 fully saturated rings. The summed E-state index contributed by atoms with van der Waals surface area (Å²) in [5, 5.41) is 6.39. The largest absolute Gasteiger partial charge is 0.497 e. The van der Waals surface area contributed by atoms with E-state index in [0.717, 1.165) is 37.2 Å². The number of ether oxygens (including phenoxy) is 1. The third-order valence-electron chi connectivity index (χ3n) is 4.24. The van der Waals surface area contributed by atoms with E-state index in [1.54, 1.807) is 7.11 Å². The summed E-state index contributed by atoms with van der Waals surface area (Å²) < 4.78 is 5.29. The van der Waals surface area contributed by atoms with Crippen molar-refractivity contribution in [1.82, 2.24) is 15.5 Å². The number of benzene rings is 1. The Morgan fingerprint density at radius 2 is 2.17 bits per heavy atom. The van der Waals surface area contributed by atoms with E-state index < -0.39 is 0 Å². The van der Waals surface area contributed by atoms with E-state index in [9.17, 15) is 4.79 Å². The van der Waals surface area contributed by atoms with E-state index in [1.807, 2.05) is 32.3 Å². The quantitative estimate of drug-likeness (QED) is 0.798. The predicted molar refractivity (Wildman–Crippen MR) is 103 cm³/mol. The second-order valence-corrected chi connectivity index (χ2v) is 6.04. The second kappa shape index (κ2) is 11.5. The first-order chi connectivity index (χ1) is 10.6. The van der Waals surface area contributed by atoms with Crippen LogP contribution in [0.1, 0.15) is 24.4 Å². The van der Waals surface area contributed by atoms with Gasteiger partial charge in [-0.1, -0.05) is 12.1 Å². The first-order valence-electron chi connectivity index (χ1n) is 7.90. The zero-order chi connectivity index (χ0) is 15.9. The monoisotopic (exact) mass is 377 g/mol. The number of nitrogens with one attached hydrogen (secondary N) is 2. The summed E-state index contributed by atoms with van der Waals surface area (Å²) in [6, 6.07) is 8.15. The van der Waals surface area contributed by atoms with E-state index in [2.05, 4.69) is 21.6 Å². The predicted octanol–water partition coefficient (Wildman–Crippen LogP) is 2.26. The Morgan fingerprint density at radius 3 is 2.75 bits per heavy atom. The molecular weight excluding hydrogens is 349 g/mol. The minimum absolute atomic E-state index is 0. The van der Waals surface area contributed by atoms with Gasteiger partial charge in [0.15, 0.2) is 0 Å². The molecule has 2 unspecified atom stereocenters. The van der Waals surface area contributed by atoms with E-state index in [-0.39, 0.29) is 42.7 Å². The molecule has 1 aliphatic rings. The van der Waals surface area contributed by atoms with Gasteiger partial charge in [-0.2, -0.15) is 0 Å².